The van der Waals surface area contributed by atoms with E-state index in [0.717, 1.165) is 28.8 Å². The average molecular weight is 484 g/mol. The number of benzene rings is 3. The summed E-state index contributed by atoms with van der Waals surface area (Å²) in [5.74, 6) is 1.36. The zero-order valence-corrected chi connectivity index (χ0v) is 20.6. The largest absolute Gasteiger partial charge is 0.493 e. The molecule has 1 N–H and O–H groups in total. The minimum Gasteiger partial charge on any atom is -0.493 e. The molecule has 4 rings (SSSR count). The molecule has 0 atom stereocenters. The molecule has 4 aromatic rings. The van der Waals surface area contributed by atoms with Crippen molar-refractivity contribution in [1.82, 2.24) is 15.1 Å². The number of hydrogen-bond donors (Lipinski definition) is 1. The molecule has 0 bridgehead atoms. The second kappa shape index (κ2) is 11.8. The van der Waals surface area contributed by atoms with Gasteiger partial charge in [0.15, 0.2) is 11.5 Å². The number of ether oxygens (including phenoxy) is 3. The molecule has 184 valence electrons. The molecule has 36 heavy (non-hydrogen) atoms. The first-order chi connectivity index (χ1) is 17.6. The first-order valence-electron chi connectivity index (χ1n) is 11.5. The quantitative estimate of drug-likeness (QED) is 0.323. The van der Waals surface area contributed by atoms with Crippen LogP contribution in [0.5, 0.6) is 17.2 Å². The van der Waals surface area contributed by atoms with Crippen LogP contribution in [0.25, 0.3) is 17.2 Å². The number of carbonyl (C=O) groups is 1. The van der Waals surface area contributed by atoms with E-state index in [0.29, 0.717) is 23.8 Å². The van der Waals surface area contributed by atoms with Crippen molar-refractivity contribution in [3.05, 3.63) is 102 Å². The van der Waals surface area contributed by atoms with Crippen molar-refractivity contribution < 1.29 is 19.0 Å². The molecule has 7 heteroatoms. The van der Waals surface area contributed by atoms with Gasteiger partial charge < -0.3 is 19.5 Å². The molecule has 0 aliphatic heterocycles. The van der Waals surface area contributed by atoms with Gasteiger partial charge in [0, 0.05) is 25.0 Å². The van der Waals surface area contributed by atoms with Crippen LogP contribution in [0, 0.1) is 0 Å². The molecule has 0 aliphatic rings. The summed E-state index contributed by atoms with van der Waals surface area (Å²) < 4.78 is 18.0. The molecule has 0 saturated carbocycles. The van der Waals surface area contributed by atoms with E-state index in [-0.39, 0.29) is 5.91 Å². The third kappa shape index (κ3) is 5.93. The maximum absolute atomic E-state index is 12.6. The Kier molecular flexibility index (Phi) is 8.03. The van der Waals surface area contributed by atoms with E-state index in [9.17, 15) is 4.79 Å². The molecular weight excluding hydrogens is 454 g/mol. The number of rotatable bonds is 10. The molecule has 0 spiro atoms. The fraction of sp³-hybridized carbons (Fsp3) is 0.172. The van der Waals surface area contributed by atoms with Crippen LogP contribution in [-0.2, 0) is 17.9 Å². The zero-order chi connectivity index (χ0) is 25.3. The maximum atomic E-state index is 12.6. The van der Waals surface area contributed by atoms with E-state index in [4.69, 9.17) is 14.2 Å². The van der Waals surface area contributed by atoms with Gasteiger partial charge in [-0.15, -0.1) is 0 Å². The summed E-state index contributed by atoms with van der Waals surface area (Å²) in [5, 5.41) is 7.23. The lowest BCUT2D eigenvalue weighted by molar-refractivity contribution is -0.116. The third-order valence-corrected chi connectivity index (χ3v) is 5.75. The smallest absolute Gasteiger partial charge is 0.244 e. The fourth-order valence-electron chi connectivity index (χ4n) is 3.94. The van der Waals surface area contributed by atoms with Crippen molar-refractivity contribution >= 4 is 12.0 Å². The third-order valence-electron chi connectivity index (χ3n) is 5.75. The Balaban J connectivity index is 1.43. The van der Waals surface area contributed by atoms with Crippen LogP contribution in [0.1, 0.15) is 16.7 Å². The minimum atomic E-state index is -0.201. The van der Waals surface area contributed by atoms with E-state index in [2.05, 4.69) is 40.7 Å². The summed E-state index contributed by atoms with van der Waals surface area (Å²) >= 11 is 0. The minimum absolute atomic E-state index is 0.201. The molecule has 7 nitrogen and oxygen atoms in total. The van der Waals surface area contributed by atoms with E-state index < -0.39 is 0 Å². The number of methoxy groups -OCH3 is 3. The summed E-state index contributed by atoms with van der Waals surface area (Å²) in [6, 6.07) is 22.0. The molecule has 0 unspecified atom stereocenters. The normalized spacial score (nSPS) is 10.9. The Hall–Kier alpha value is -4.52. The van der Waals surface area contributed by atoms with Crippen LogP contribution >= 0.6 is 0 Å². The topological polar surface area (TPSA) is 74.6 Å². The molecule has 1 aromatic heterocycles. The second-order valence-electron chi connectivity index (χ2n) is 8.07. The number of carbonyl (C=O) groups excluding carboxylic acids is 1. The van der Waals surface area contributed by atoms with Gasteiger partial charge in [0.1, 0.15) is 0 Å². The van der Waals surface area contributed by atoms with Gasteiger partial charge in [-0.25, -0.2) is 0 Å². The van der Waals surface area contributed by atoms with Gasteiger partial charge in [0.05, 0.1) is 27.9 Å². The van der Waals surface area contributed by atoms with Gasteiger partial charge in [-0.3, -0.25) is 9.48 Å². The van der Waals surface area contributed by atoms with Gasteiger partial charge in [-0.05, 0) is 52.1 Å². The van der Waals surface area contributed by atoms with Crippen molar-refractivity contribution in [3.63, 3.8) is 0 Å². The number of amides is 1. The van der Waals surface area contributed by atoms with Gasteiger partial charge in [0.25, 0.3) is 0 Å². The average Bonchev–Trinajstić information content (AvgIpc) is 3.43. The number of aromatic nitrogens is 2. The van der Waals surface area contributed by atoms with Crippen LogP contribution in [-0.4, -0.2) is 37.0 Å². The highest BCUT2D eigenvalue weighted by Crippen LogP contribution is 2.38. The summed E-state index contributed by atoms with van der Waals surface area (Å²) in [7, 11) is 4.67. The number of hydrogen-bond acceptors (Lipinski definition) is 5. The second-order valence-corrected chi connectivity index (χ2v) is 8.07. The Bertz CT molecular complexity index is 1300. The standard InChI is InChI=1S/C29H29N3O4/c1-34-26-17-22(18-27(35-2)29(26)36-3)11-14-28(33)30-19-24-7-4-5-8-25(24)23-12-9-21(10-13-23)20-32-16-6-15-31-32/h4-18H,19-20H2,1-3H3,(H,30,33). The molecule has 0 saturated heterocycles. The van der Waals surface area contributed by atoms with Crippen molar-refractivity contribution in [2.45, 2.75) is 13.1 Å². The molecule has 1 amide bonds. The van der Waals surface area contributed by atoms with Crippen LogP contribution in [0.4, 0.5) is 0 Å². The summed E-state index contributed by atoms with van der Waals surface area (Å²) in [6.07, 6.45) is 6.93. The molecule has 0 aliphatic carbocycles. The van der Waals surface area contributed by atoms with Crippen molar-refractivity contribution in [3.8, 4) is 28.4 Å². The lowest BCUT2D eigenvalue weighted by Crippen LogP contribution is -2.20. The highest BCUT2D eigenvalue weighted by Gasteiger charge is 2.12. The maximum Gasteiger partial charge on any atom is 0.244 e. The molecular formula is C29H29N3O4. The SMILES string of the molecule is COc1cc(C=CC(=O)NCc2ccccc2-c2ccc(Cn3cccn3)cc2)cc(OC)c1OC. The van der Waals surface area contributed by atoms with E-state index in [1.54, 1.807) is 45.7 Å². The van der Waals surface area contributed by atoms with Crippen LogP contribution in [0.15, 0.2) is 85.2 Å². The predicted octanol–water partition coefficient (Wildman–Crippen LogP) is 4.95. The van der Waals surface area contributed by atoms with Gasteiger partial charge in [-0.2, -0.15) is 5.10 Å². The molecule has 1 heterocycles. The number of nitrogens with one attached hydrogen (secondary N) is 1. The predicted molar refractivity (Wildman–Crippen MR) is 140 cm³/mol. The van der Waals surface area contributed by atoms with Crippen molar-refractivity contribution in [2.24, 2.45) is 0 Å². The first-order valence-corrected chi connectivity index (χ1v) is 11.5. The van der Waals surface area contributed by atoms with Crippen LogP contribution in [0.3, 0.4) is 0 Å². The number of nitrogens with zero attached hydrogens (tertiary/aromatic N) is 2. The summed E-state index contributed by atoms with van der Waals surface area (Å²) in [4.78, 5) is 12.6. The van der Waals surface area contributed by atoms with Gasteiger partial charge in [0.2, 0.25) is 11.7 Å². The van der Waals surface area contributed by atoms with Crippen molar-refractivity contribution in [2.75, 3.05) is 21.3 Å². The Morgan fingerprint density at radius 1 is 0.944 bits per heavy atom. The summed E-state index contributed by atoms with van der Waals surface area (Å²) in [6.45, 7) is 1.13. The molecule has 0 radical (unpaired) electrons. The lowest BCUT2D eigenvalue weighted by atomic mass is 9.98. The highest BCUT2D eigenvalue weighted by atomic mass is 16.5. The summed E-state index contributed by atoms with van der Waals surface area (Å²) in [5.41, 5.74) is 5.14. The monoisotopic (exact) mass is 483 g/mol. The van der Waals surface area contributed by atoms with Gasteiger partial charge >= 0.3 is 0 Å². The van der Waals surface area contributed by atoms with E-state index in [1.807, 2.05) is 35.1 Å². The van der Waals surface area contributed by atoms with Crippen molar-refractivity contribution in [1.29, 1.82) is 0 Å². The molecule has 3 aromatic carbocycles. The fourth-order valence-corrected chi connectivity index (χ4v) is 3.94. The Morgan fingerprint density at radius 3 is 2.31 bits per heavy atom. The Labute approximate surface area is 210 Å². The zero-order valence-electron chi connectivity index (χ0n) is 20.6. The van der Waals surface area contributed by atoms with Crippen LogP contribution in [0.2, 0.25) is 0 Å². The highest BCUT2D eigenvalue weighted by molar-refractivity contribution is 5.92. The van der Waals surface area contributed by atoms with Gasteiger partial charge in [-0.1, -0.05) is 48.5 Å². The lowest BCUT2D eigenvalue weighted by Gasteiger charge is -2.13. The molecule has 0 fully saturated rings. The Morgan fingerprint density at radius 2 is 1.67 bits per heavy atom. The van der Waals surface area contributed by atoms with E-state index >= 15 is 0 Å². The van der Waals surface area contributed by atoms with Crippen LogP contribution < -0.4 is 19.5 Å². The van der Waals surface area contributed by atoms with E-state index in [1.165, 1.54) is 11.6 Å². The first kappa shape index (κ1) is 24.6.